The summed E-state index contributed by atoms with van der Waals surface area (Å²) in [7, 11) is 0. The van der Waals surface area contributed by atoms with Gasteiger partial charge in [-0.1, -0.05) is 30.9 Å². The van der Waals surface area contributed by atoms with E-state index < -0.39 is 0 Å². The Morgan fingerprint density at radius 2 is 2.00 bits per heavy atom. The van der Waals surface area contributed by atoms with Crippen LogP contribution in [0, 0.1) is 0 Å². The fraction of sp³-hybridized carbons (Fsp3) is 0.600. The Balaban J connectivity index is 2.14. The van der Waals surface area contributed by atoms with Gasteiger partial charge in [0.05, 0.1) is 0 Å². The number of hydrogen-bond acceptors (Lipinski definition) is 2. The highest BCUT2D eigenvalue weighted by Crippen LogP contribution is 2.30. The maximum atomic E-state index is 5.81. The van der Waals surface area contributed by atoms with Crippen LogP contribution in [0.4, 0.5) is 0 Å². The number of aromatic nitrogens is 2. The van der Waals surface area contributed by atoms with Crippen molar-refractivity contribution in [3.8, 4) is 0 Å². The van der Waals surface area contributed by atoms with Crippen LogP contribution in [0.3, 0.4) is 0 Å². The SMILES string of the molecule is Clc1ccnc(C2CCCCC2)n1. The third kappa shape index (κ3) is 2.19. The molecule has 0 unspecified atom stereocenters. The average molecular weight is 197 g/mol. The summed E-state index contributed by atoms with van der Waals surface area (Å²) < 4.78 is 0. The summed E-state index contributed by atoms with van der Waals surface area (Å²) in [6, 6.07) is 1.73. The van der Waals surface area contributed by atoms with E-state index in [1.807, 2.05) is 0 Å². The first-order valence-electron chi connectivity index (χ1n) is 4.85. The second-order valence-corrected chi connectivity index (χ2v) is 3.96. The molecular formula is C10H13ClN2. The van der Waals surface area contributed by atoms with Crippen LogP contribution in [-0.4, -0.2) is 9.97 Å². The van der Waals surface area contributed by atoms with Crippen molar-refractivity contribution in [3.05, 3.63) is 23.2 Å². The standard InChI is InChI=1S/C10H13ClN2/c11-9-6-7-12-10(13-9)8-4-2-1-3-5-8/h6-8H,1-5H2. The third-order valence-corrected chi connectivity index (χ3v) is 2.82. The smallest absolute Gasteiger partial charge is 0.133 e. The molecule has 1 aliphatic rings. The van der Waals surface area contributed by atoms with E-state index in [1.54, 1.807) is 12.3 Å². The topological polar surface area (TPSA) is 25.8 Å². The van der Waals surface area contributed by atoms with Gasteiger partial charge in [0.1, 0.15) is 11.0 Å². The normalized spacial score (nSPS) is 18.8. The van der Waals surface area contributed by atoms with Gasteiger partial charge in [0, 0.05) is 12.1 Å². The molecule has 1 aliphatic carbocycles. The highest BCUT2D eigenvalue weighted by atomic mass is 35.5. The van der Waals surface area contributed by atoms with Gasteiger partial charge in [-0.15, -0.1) is 0 Å². The lowest BCUT2D eigenvalue weighted by Crippen LogP contribution is -2.08. The Kier molecular flexibility index (Phi) is 2.79. The average Bonchev–Trinajstić information content (AvgIpc) is 2.19. The summed E-state index contributed by atoms with van der Waals surface area (Å²) in [4.78, 5) is 8.52. The molecule has 0 radical (unpaired) electrons. The van der Waals surface area contributed by atoms with Gasteiger partial charge in [0.2, 0.25) is 0 Å². The first-order chi connectivity index (χ1) is 6.36. The van der Waals surface area contributed by atoms with Crippen molar-refractivity contribution in [2.24, 2.45) is 0 Å². The number of hydrogen-bond donors (Lipinski definition) is 0. The van der Waals surface area contributed by atoms with Gasteiger partial charge >= 0.3 is 0 Å². The van der Waals surface area contributed by atoms with Gasteiger partial charge in [-0.05, 0) is 18.9 Å². The molecule has 1 fully saturated rings. The molecule has 2 nitrogen and oxygen atoms in total. The van der Waals surface area contributed by atoms with Crippen molar-refractivity contribution in [2.45, 2.75) is 38.0 Å². The minimum atomic E-state index is 0.549. The second-order valence-electron chi connectivity index (χ2n) is 3.57. The number of halogens is 1. The molecule has 1 saturated carbocycles. The molecule has 0 spiro atoms. The molecule has 1 heterocycles. The molecule has 0 bridgehead atoms. The maximum absolute atomic E-state index is 5.81. The Morgan fingerprint density at radius 1 is 1.23 bits per heavy atom. The van der Waals surface area contributed by atoms with Crippen molar-refractivity contribution < 1.29 is 0 Å². The summed E-state index contributed by atoms with van der Waals surface area (Å²) in [5, 5.41) is 0.565. The van der Waals surface area contributed by atoms with Crippen LogP contribution >= 0.6 is 11.6 Å². The van der Waals surface area contributed by atoms with Crippen LogP contribution in [-0.2, 0) is 0 Å². The molecule has 0 aromatic carbocycles. The minimum Gasteiger partial charge on any atom is -0.241 e. The van der Waals surface area contributed by atoms with Crippen LogP contribution in [0.25, 0.3) is 0 Å². The predicted molar refractivity (Wildman–Crippen MR) is 52.9 cm³/mol. The first-order valence-corrected chi connectivity index (χ1v) is 5.22. The van der Waals surface area contributed by atoms with E-state index in [-0.39, 0.29) is 0 Å². The molecule has 70 valence electrons. The van der Waals surface area contributed by atoms with Crippen molar-refractivity contribution in [2.75, 3.05) is 0 Å². The third-order valence-electron chi connectivity index (χ3n) is 2.61. The van der Waals surface area contributed by atoms with Gasteiger partial charge in [0.15, 0.2) is 0 Å². The fourth-order valence-corrected chi connectivity index (χ4v) is 2.05. The molecule has 3 heteroatoms. The predicted octanol–water partition coefficient (Wildman–Crippen LogP) is 3.18. The zero-order valence-electron chi connectivity index (χ0n) is 7.54. The lowest BCUT2D eigenvalue weighted by molar-refractivity contribution is 0.428. The first kappa shape index (κ1) is 8.95. The Bertz CT molecular complexity index is 282. The van der Waals surface area contributed by atoms with E-state index in [0.717, 1.165) is 5.82 Å². The fourth-order valence-electron chi connectivity index (χ4n) is 1.91. The summed E-state index contributed by atoms with van der Waals surface area (Å²) in [6.07, 6.45) is 8.16. The van der Waals surface area contributed by atoms with E-state index in [9.17, 15) is 0 Å². The quantitative estimate of drug-likeness (QED) is 0.645. The Hall–Kier alpha value is -0.630. The molecule has 13 heavy (non-hydrogen) atoms. The summed E-state index contributed by atoms with van der Waals surface area (Å²) in [5.41, 5.74) is 0. The maximum Gasteiger partial charge on any atom is 0.133 e. The van der Waals surface area contributed by atoms with E-state index in [0.29, 0.717) is 11.1 Å². The molecule has 1 aromatic heterocycles. The van der Waals surface area contributed by atoms with Gasteiger partial charge in [-0.3, -0.25) is 0 Å². The van der Waals surface area contributed by atoms with Crippen LogP contribution in [0.5, 0.6) is 0 Å². The van der Waals surface area contributed by atoms with Gasteiger partial charge in [-0.2, -0.15) is 0 Å². The molecule has 0 atom stereocenters. The molecule has 0 aliphatic heterocycles. The summed E-state index contributed by atoms with van der Waals surface area (Å²) in [6.45, 7) is 0. The second kappa shape index (κ2) is 4.05. The summed E-state index contributed by atoms with van der Waals surface area (Å²) >= 11 is 5.81. The van der Waals surface area contributed by atoms with Crippen molar-refractivity contribution in [1.82, 2.24) is 9.97 Å². The van der Waals surface area contributed by atoms with E-state index >= 15 is 0 Å². The highest BCUT2D eigenvalue weighted by molar-refractivity contribution is 6.29. The van der Waals surface area contributed by atoms with Crippen LogP contribution < -0.4 is 0 Å². The van der Waals surface area contributed by atoms with Crippen molar-refractivity contribution in [3.63, 3.8) is 0 Å². The lowest BCUT2D eigenvalue weighted by atomic mass is 9.89. The van der Waals surface area contributed by atoms with E-state index in [4.69, 9.17) is 11.6 Å². The lowest BCUT2D eigenvalue weighted by Gasteiger charge is -2.19. The van der Waals surface area contributed by atoms with Crippen molar-refractivity contribution in [1.29, 1.82) is 0 Å². The van der Waals surface area contributed by atoms with E-state index in [2.05, 4.69) is 9.97 Å². The van der Waals surface area contributed by atoms with Crippen LogP contribution in [0.1, 0.15) is 43.8 Å². The number of rotatable bonds is 1. The molecule has 0 N–H and O–H groups in total. The van der Waals surface area contributed by atoms with Crippen molar-refractivity contribution >= 4 is 11.6 Å². The molecule has 0 amide bonds. The van der Waals surface area contributed by atoms with Crippen LogP contribution in [0.2, 0.25) is 5.15 Å². The Labute approximate surface area is 83.4 Å². The van der Waals surface area contributed by atoms with Gasteiger partial charge in [-0.25, -0.2) is 9.97 Å². The molecule has 0 saturated heterocycles. The highest BCUT2D eigenvalue weighted by Gasteiger charge is 2.17. The number of nitrogens with zero attached hydrogens (tertiary/aromatic N) is 2. The zero-order valence-corrected chi connectivity index (χ0v) is 8.30. The largest absolute Gasteiger partial charge is 0.241 e. The molecule has 1 aromatic rings. The Morgan fingerprint density at radius 3 is 2.69 bits per heavy atom. The zero-order chi connectivity index (χ0) is 9.10. The van der Waals surface area contributed by atoms with Crippen LogP contribution in [0.15, 0.2) is 12.3 Å². The monoisotopic (exact) mass is 196 g/mol. The van der Waals surface area contributed by atoms with E-state index in [1.165, 1.54) is 32.1 Å². The van der Waals surface area contributed by atoms with Gasteiger partial charge < -0.3 is 0 Å². The minimum absolute atomic E-state index is 0.549. The van der Waals surface area contributed by atoms with Gasteiger partial charge in [0.25, 0.3) is 0 Å². The molecule has 2 rings (SSSR count). The summed E-state index contributed by atoms with van der Waals surface area (Å²) in [5.74, 6) is 1.49. The molecular weight excluding hydrogens is 184 g/mol.